The summed E-state index contributed by atoms with van der Waals surface area (Å²) in [5, 5.41) is 7.51. The lowest BCUT2D eigenvalue weighted by atomic mass is 10.2. The van der Waals surface area contributed by atoms with E-state index >= 15 is 0 Å². The standard InChI is InChI=1S/C25H24N6O5/c1-4-20-28-22(36-29-20)13-30-14-26-23-16-7-5-6-8-18(16)31(24(23)25(30)33)12-21(32)27-17-11-15(34-2)9-10-19(17)35-3/h5-11,14H,4,12-13H2,1-3H3,(H,27,32). The molecular formula is C25H24N6O5. The van der Waals surface area contributed by atoms with Crippen molar-refractivity contribution in [3.63, 3.8) is 0 Å². The van der Waals surface area contributed by atoms with Crippen LogP contribution in [0.5, 0.6) is 11.5 Å². The zero-order valence-corrected chi connectivity index (χ0v) is 20.0. The van der Waals surface area contributed by atoms with Crippen molar-refractivity contribution in [1.29, 1.82) is 0 Å². The van der Waals surface area contributed by atoms with Crippen LogP contribution in [0.4, 0.5) is 5.69 Å². The van der Waals surface area contributed by atoms with Gasteiger partial charge >= 0.3 is 0 Å². The molecular weight excluding hydrogens is 464 g/mol. The van der Waals surface area contributed by atoms with Gasteiger partial charge in [0.25, 0.3) is 5.56 Å². The van der Waals surface area contributed by atoms with Gasteiger partial charge in [0.1, 0.15) is 35.6 Å². The third-order valence-corrected chi connectivity index (χ3v) is 5.85. The Labute approximate surface area is 205 Å². The molecule has 0 spiro atoms. The molecule has 2 aromatic carbocycles. The fourth-order valence-electron chi connectivity index (χ4n) is 4.11. The van der Waals surface area contributed by atoms with Crippen LogP contribution in [0.15, 0.2) is 58.1 Å². The summed E-state index contributed by atoms with van der Waals surface area (Å²) in [6, 6.07) is 12.6. The fraction of sp³-hybridized carbons (Fsp3) is 0.240. The number of amides is 1. The highest BCUT2D eigenvalue weighted by Crippen LogP contribution is 2.30. The van der Waals surface area contributed by atoms with Crippen LogP contribution in [0, 0.1) is 0 Å². The third kappa shape index (κ3) is 4.15. The lowest BCUT2D eigenvalue weighted by Gasteiger charge is -2.13. The van der Waals surface area contributed by atoms with Crippen LogP contribution in [-0.2, 0) is 24.3 Å². The number of carbonyl (C=O) groups is 1. The molecule has 0 saturated heterocycles. The van der Waals surface area contributed by atoms with Gasteiger partial charge in [-0.15, -0.1) is 0 Å². The van der Waals surface area contributed by atoms with Crippen molar-refractivity contribution in [2.75, 3.05) is 19.5 Å². The van der Waals surface area contributed by atoms with Gasteiger partial charge in [-0.1, -0.05) is 30.3 Å². The van der Waals surface area contributed by atoms with Crippen molar-refractivity contribution in [3.05, 3.63) is 70.9 Å². The largest absolute Gasteiger partial charge is 0.497 e. The SMILES string of the molecule is CCc1noc(Cn2cnc3c4ccccc4n(CC(=O)Nc4cc(OC)ccc4OC)c3c2=O)n1. The zero-order valence-electron chi connectivity index (χ0n) is 20.0. The minimum Gasteiger partial charge on any atom is -0.497 e. The van der Waals surface area contributed by atoms with E-state index in [0.29, 0.717) is 51.9 Å². The highest BCUT2D eigenvalue weighted by atomic mass is 16.5. The Kier molecular flexibility index (Phi) is 6.11. The second kappa shape index (κ2) is 9.53. The molecule has 5 rings (SSSR count). The van der Waals surface area contributed by atoms with E-state index < -0.39 is 0 Å². The number of aryl methyl sites for hydroxylation is 1. The fourth-order valence-corrected chi connectivity index (χ4v) is 4.11. The Morgan fingerprint density at radius 2 is 1.97 bits per heavy atom. The molecule has 11 heteroatoms. The summed E-state index contributed by atoms with van der Waals surface area (Å²) >= 11 is 0. The van der Waals surface area contributed by atoms with Crippen LogP contribution < -0.4 is 20.3 Å². The maximum absolute atomic E-state index is 13.6. The Hall–Kier alpha value is -4.67. The number of hydrogen-bond donors (Lipinski definition) is 1. The number of methoxy groups -OCH3 is 2. The maximum Gasteiger partial charge on any atom is 0.278 e. The molecule has 3 aromatic heterocycles. The van der Waals surface area contributed by atoms with E-state index in [4.69, 9.17) is 14.0 Å². The monoisotopic (exact) mass is 488 g/mol. The Morgan fingerprint density at radius 1 is 1.14 bits per heavy atom. The van der Waals surface area contributed by atoms with Crippen molar-refractivity contribution in [2.45, 2.75) is 26.4 Å². The predicted molar refractivity (Wildman–Crippen MR) is 132 cm³/mol. The summed E-state index contributed by atoms with van der Waals surface area (Å²) in [5.74, 6) is 1.58. The number of carbonyl (C=O) groups excluding carboxylic acids is 1. The minimum absolute atomic E-state index is 0.0729. The lowest BCUT2D eigenvalue weighted by Crippen LogP contribution is -2.25. The molecule has 0 bridgehead atoms. The van der Waals surface area contributed by atoms with Crippen LogP contribution in [0.25, 0.3) is 21.9 Å². The molecule has 0 aliphatic carbocycles. The first-order valence-corrected chi connectivity index (χ1v) is 11.3. The Morgan fingerprint density at radius 3 is 2.72 bits per heavy atom. The minimum atomic E-state index is -0.344. The average Bonchev–Trinajstić information content (AvgIpc) is 3.48. The topological polar surface area (TPSA) is 126 Å². The highest BCUT2D eigenvalue weighted by molar-refractivity contribution is 6.06. The molecule has 0 atom stereocenters. The van der Waals surface area contributed by atoms with Gasteiger partial charge in [-0.05, 0) is 18.2 Å². The quantitative estimate of drug-likeness (QED) is 0.353. The molecule has 1 amide bonds. The van der Waals surface area contributed by atoms with E-state index in [2.05, 4.69) is 20.4 Å². The van der Waals surface area contributed by atoms with E-state index in [1.54, 1.807) is 29.9 Å². The average molecular weight is 489 g/mol. The number of aromatic nitrogens is 5. The molecule has 0 fully saturated rings. The van der Waals surface area contributed by atoms with Crippen molar-refractivity contribution < 1.29 is 18.8 Å². The second-order valence-corrected chi connectivity index (χ2v) is 8.05. The van der Waals surface area contributed by atoms with E-state index in [0.717, 1.165) is 5.39 Å². The highest BCUT2D eigenvalue weighted by Gasteiger charge is 2.20. The van der Waals surface area contributed by atoms with Crippen molar-refractivity contribution >= 4 is 33.5 Å². The third-order valence-electron chi connectivity index (χ3n) is 5.85. The molecule has 0 radical (unpaired) electrons. The van der Waals surface area contributed by atoms with Gasteiger partial charge in [0.05, 0.1) is 31.8 Å². The zero-order chi connectivity index (χ0) is 25.2. The van der Waals surface area contributed by atoms with Gasteiger partial charge in [0.15, 0.2) is 5.82 Å². The number of benzene rings is 2. The van der Waals surface area contributed by atoms with E-state index in [-0.39, 0.29) is 24.6 Å². The van der Waals surface area contributed by atoms with E-state index in [1.165, 1.54) is 18.0 Å². The van der Waals surface area contributed by atoms with Crippen LogP contribution in [0.1, 0.15) is 18.6 Å². The van der Waals surface area contributed by atoms with Crippen LogP contribution in [0.2, 0.25) is 0 Å². The van der Waals surface area contributed by atoms with E-state index in [9.17, 15) is 9.59 Å². The number of fused-ring (bicyclic) bond motifs is 3. The van der Waals surface area contributed by atoms with Gasteiger partial charge in [0.2, 0.25) is 11.8 Å². The number of hydrogen-bond acceptors (Lipinski definition) is 8. The normalized spacial score (nSPS) is 11.2. The summed E-state index contributed by atoms with van der Waals surface area (Å²) in [5.41, 5.74) is 1.68. The number of nitrogens with zero attached hydrogens (tertiary/aromatic N) is 5. The van der Waals surface area contributed by atoms with Gasteiger partial charge in [-0.3, -0.25) is 14.2 Å². The molecule has 0 aliphatic rings. The molecule has 184 valence electrons. The van der Waals surface area contributed by atoms with Crippen LogP contribution >= 0.6 is 0 Å². The summed E-state index contributed by atoms with van der Waals surface area (Å²) in [4.78, 5) is 35.6. The summed E-state index contributed by atoms with van der Waals surface area (Å²) in [6.45, 7) is 1.87. The summed E-state index contributed by atoms with van der Waals surface area (Å²) in [7, 11) is 3.06. The molecule has 1 N–H and O–H groups in total. The number of anilines is 1. The molecule has 0 unspecified atom stereocenters. The number of para-hydroxylation sites is 1. The number of rotatable bonds is 8. The summed E-state index contributed by atoms with van der Waals surface area (Å²) in [6.07, 6.45) is 2.08. The second-order valence-electron chi connectivity index (χ2n) is 8.05. The lowest BCUT2D eigenvalue weighted by molar-refractivity contribution is -0.116. The maximum atomic E-state index is 13.6. The first-order valence-electron chi connectivity index (χ1n) is 11.3. The van der Waals surface area contributed by atoms with E-state index in [1.807, 2.05) is 31.2 Å². The predicted octanol–water partition coefficient (Wildman–Crippen LogP) is 3.00. The molecule has 11 nitrogen and oxygen atoms in total. The first-order chi connectivity index (χ1) is 17.5. The summed E-state index contributed by atoms with van der Waals surface area (Å²) < 4.78 is 18.9. The van der Waals surface area contributed by atoms with Gasteiger partial charge in [-0.25, -0.2) is 4.98 Å². The van der Waals surface area contributed by atoms with Crippen molar-refractivity contribution in [2.24, 2.45) is 0 Å². The van der Waals surface area contributed by atoms with Crippen molar-refractivity contribution in [3.8, 4) is 11.5 Å². The van der Waals surface area contributed by atoms with Crippen LogP contribution in [-0.4, -0.2) is 44.4 Å². The first kappa shape index (κ1) is 23.1. The number of nitrogens with one attached hydrogen (secondary N) is 1. The molecule has 0 saturated carbocycles. The smallest absolute Gasteiger partial charge is 0.278 e. The van der Waals surface area contributed by atoms with Gasteiger partial charge < -0.3 is 23.9 Å². The van der Waals surface area contributed by atoms with Crippen molar-refractivity contribution in [1.82, 2.24) is 24.3 Å². The molecule has 0 aliphatic heterocycles. The van der Waals surface area contributed by atoms with Gasteiger partial charge in [-0.2, -0.15) is 4.98 Å². The Balaban J connectivity index is 1.55. The van der Waals surface area contributed by atoms with Crippen LogP contribution in [0.3, 0.4) is 0 Å². The van der Waals surface area contributed by atoms with Gasteiger partial charge in [0, 0.05) is 17.9 Å². The number of ether oxygens (including phenoxy) is 2. The Bertz CT molecular complexity index is 1630. The molecule has 5 aromatic rings. The molecule has 3 heterocycles. The molecule has 36 heavy (non-hydrogen) atoms.